The summed E-state index contributed by atoms with van der Waals surface area (Å²) in [5.41, 5.74) is 9.74. The first-order valence-electron chi connectivity index (χ1n) is 5.74. The van der Waals surface area contributed by atoms with Gasteiger partial charge in [-0.1, -0.05) is 31.2 Å². The Labute approximate surface area is 98.8 Å². The van der Waals surface area contributed by atoms with Gasteiger partial charge in [0.05, 0.1) is 0 Å². The van der Waals surface area contributed by atoms with Crippen molar-refractivity contribution in [1.29, 1.82) is 0 Å². The van der Waals surface area contributed by atoms with Crippen molar-refractivity contribution in [3.05, 3.63) is 42.0 Å². The lowest BCUT2D eigenvalue weighted by Gasteiger charge is -2.17. The zero-order valence-corrected chi connectivity index (χ0v) is 10.5. The van der Waals surface area contributed by atoms with Gasteiger partial charge in [-0.15, -0.1) is 0 Å². The Bertz CT molecular complexity index is 356. The third-order valence-corrected chi connectivity index (χ3v) is 2.82. The number of hydrogen-bond donors (Lipinski definition) is 1. The van der Waals surface area contributed by atoms with E-state index in [-0.39, 0.29) is 6.04 Å². The van der Waals surface area contributed by atoms with Crippen molar-refractivity contribution in [3.63, 3.8) is 0 Å². The summed E-state index contributed by atoms with van der Waals surface area (Å²) in [7, 11) is 4.07. The first-order chi connectivity index (χ1) is 7.54. The van der Waals surface area contributed by atoms with Gasteiger partial charge in [0, 0.05) is 25.8 Å². The van der Waals surface area contributed by atoms with E-state index in [1.165, 1.54) is 16.8 Å². The normalized spacial score (nSPS) is 12.2. The van der Waals surface area contributed by atoms with Crippen molar-refractivity contribution in [2.24, 2.45) is 5.73 Å². The number of rotatable bonds is 5. The maximum atomic E-state index is 6.16. The first-order valence-corrected chi connectivity index (χ1v) is 5.74. The largest absolute Gasteiger partial charge is 0.378 e. The summed E-state index contributed by atoms with van der Waals surface area (Å²) in [6.07, 6.45) is 1.87. The molecule has 0 aliphatic rings. The van der Waals surface area contributed by atoms with Gasteiger partial charge in [0.15, 0.2) is 0 Å². The highest BCUT2D eigenvalue weighted by atomic mass is 15.1. The molecule has 0 heterocycles. The Kier molecular flexibility index (Phi) is 4.56. The molecule has 0 fully saturated rings. The van der Waals surface area contributed by atoms with E-state index in [1.54, 1.807) is 0 Å². The van der Waals surface area contributed by atoms with Crippen LogP contribution in [0, 0.1) is 0 Å². The van der Waals surface area contributed by atoms with E-state index in [0.717, 1.165) is 12.8 Å². The molecule has 2 heteroatoms. The fourth-order valence-electron chi connectivity index (χ4n) is 1.61. The molecular weight excluding hydrogens is 196 g/mol. The smallest absolute Gasteiger partial charge is 0.0364 e. The highest BCUT2D eigenvalue weighted by molar-refractivity contribution is 5.47. The van der Waals surface area contributed by atoms with Crippen molar-refractivity contribution < 1.29 is 0 Å². The third-order valence-electron chi connectivity index (χ3n) is 2.82. The van der Waals surface area contributed by atoms with E-state index < -0.39 is 0 Å². The van der Waals surface area contributed by atoms with Gasteiger partial charge < -0.3 is 10.6 Å². The predicted octanol–water partition coefficient (Wildman–Crippen LogP) is 3.11. The van der Waals surface area contributed by atoms with Crippen LogP contribution in [0.5, 0.6) is 0 Å². The molecule has 1 aromatic rings. The highest BCUT2D eigenvalue weighted by Gasteiger charge is 2.08. The maximum Gasteiger partial charge on any atom is 0.0364 e. The molecule has 1 atom stereocenters. The predicted molar refractivity (Wildman–Crippen MR) is 71.7 cm³/mol. The lowest BCUT2D eigenvalue weighted by Crippen LogP contribution is -2.13. The number of nitrogens with two attached hydrogens (primary N) is 1. The molecule has 0 bridgehead atoms. The van der Waals surface area contributed by atoms with Crippen molar-refractivity contribution in [1.82, 2.24) is 0 Å². The lowest BCUT2D eigenvalue weighted by atomic mass is 9.99. The Hall–Kier alpha value is -1.28. The second-order valence-corrected chi connectivity index (χ2v) is 4.40. The van der Waals surface area contributed by atoms with Crippen LogP contribution in [0.2, 0.25) is 0 Å². The molecule has 16 heavy (non-hydrogen) atoms. The molecule has 0 radical (unpaired) electrons. The molecule has 0 spiro atoms. The standard InChI is InChI=1S/C14H22N2/c1-5-11(2)9-14(15)12-7-6-8-13(10-12)16(3)4/h6-8,10,14H,2,5,9,15H2,1,3-4H3. The summed E-state index contributed by atoms with van der Waals surface area (Å²) < 4.78 is 0. The number of hydrogen-bond acceptors (Lipinski definition) is 2. The van der Waals surface area contributed by atoms with Crippen LogP contribution in [0.1, 0.15) is 31.4 Å². The van der Waals surface area contributed by atoms with Gasteiger partial charge in [0.25, 0.3) is 0 Å². The minimum Gasteiger partial charge on any atom is -0.378 e. The summed E-state index contributed by atoms with van der Waals surface area (Å²) in [5.74, 6) is 0. The van der Waals surface area contributed by atoms with Crippen molar-refractivity contribution in [3.8, 4) is 0 Å². The zero-order chi connectivity index (χ0) is 12.1. The monoisotopic (exact) mass is 218 g/mol. The minimum atomic E-state index is 0.0624. The fourth-order valence-corrected chi connectivity index (χ4v) is 1.61. The summed E-state index contributed by atoms with van der Waals surface area (Å²) in [5, 5.41) is 0. The summed E-state index contributed by atoms with van der Waals surface area (Å²) >= 11 is 0. The molecule has 1 unspecified atom stereocenters. The maximum absolute atomic E-state index is 6.16. The van der Waals surface area contributed by atoms with E-state index in [0.29, 0.717) is 0 Å². The quantitative estimate of drug-likeness (QED) is 0.769. The van der Waals surface area contributed by atoms with Gasteiger partial charge in [-0.3, -0.25) is 0 Å². The van der Waals surface area contributed by atoms with Gasteiger partial charge in [-0.05, 0) is 30.5 Å². The van der Waals surface area contributed by atoms with Crippen LogP contribution < -0.4 is 10.6 Å². The van der Waals surface area contributed by atoms with Crippen molar-refractivity contribution >= 4 is 5.69 Å². The fraction of sp³-hybridized carbons (Fsp3) is 0.429. The van der Waals surface area contributed by atoms with E-state index in [2.05, 4.69) is 42.7 Å². The second kappa shape index (κ2) is 5.71. The molecule has 0 saturated carbocycles. The number of nitrogens with zero attached hydrogens (tertiary/aromatic N) is 1. The Morgan fingerprint density at radius 1 is 1.44 bits per heavy atom. The lowest BCUT2D eigenvalue weighted by molar-refractivity contribution is 0.701. The van der Waals surface area contributed by atoms with Gasteiger partial charge in [0.2, 0.25) is 0 Å². The first kappa shape index (κ1) is 12.8. The van der Waals surface area contributed by atoms with E-state index in [1.807, 2.05) is 14.1 Å². The molecule has 0 aliphatic carbocycles. The second-order valence-electron chi connectivity index (χ2n) is 4.40. The average Bonchev–Trinajstić information content (AvgIpc) is 2.28. The molecule has 0 aromatic heterocycles. The van der Waals surface area contributed by atoms with E-state index in [9.17, 15) is 0 Å². The molecule has 0 amide bonds. The van der Waals surface area contributed by atoms with Crippen LogP contribution in [0.4, 0.5) is 5.69 Å². The minimum absolute atomic E-state index is 0.0624. The molecule has 0 saturated heterocycles. The zero-order valence-electron chi connectivity index (χ0n) is 10.5. The van der Waals surface area contributed by atoms with Crippen LogP contribution in [0.3, 0.4) is 0 Å². The SMILES string of the molecule is C=C(CC)CC(N)c1cccc(N(C)C)c1. The Balaban J connectivity index is 2.79. The molecular formula is C14H22N2. The topological polar surface area (TPSA) is 29.3 Å². The van der Waals surface area contributed by atoms with Crippen LogP contribution in [0.15, 0.2) is 36.4 Å². The van der Waals surface area contributed by atoms with Crippen LogP contribution in [0.25, 0.3) is 0 Å². The van der Waals surface area contributed by atoms with Crippen molar-refractivity contribution in [2.75, 3.05) is 19.0 Å². The Morgan fingerprint density at radius 2 is 2.12 bits per heavy atom. The molecule has 2 N–H and O–H groups in total. The van der Waals surface area contributed by atoms with Crippen LogP contribution in [-0.2, 0) is 0 Å². The molecule has 2 nitrogen and oxygen atoms in total. The molecule has 0 aliphatic heterocycles. The molecule has 88 valence electrons. The number of benzene rings is 1. The van der Waals surface area contributed by atoms with Crippen LogP contribution >= 0.6 is 0 Å². The highest BCUT2D eigenvalue weighted by Crippen LogP contribution is 2.22. The number of anilines is 1. The van der Waals surface area contributed by atoms with E-state index >= 15 is 0 Å². The summed E-state index contributed by atoms with van der Waals surface area (Å²) in [6.45, 7) is 6.12. The molecule has 1 rings (SSSR count). The third kappa shape index (κ3) is 3.38. The van der Waals surface area contributed by atoms with Crippen LogP contribution in [-0.4, -0.2) is 14.1 Å². The van der Waals surface area contributed by atoms with Gasteiger partial charge >= 0.3 is 0 Å². The average molecular weight is 218 g/mol. The van der Waals surface area contributed by atoms with E-state index in [4.69, 9.17) is 5.73 Å². The van der Waals surface area contributed by atoms with Gasteiger partial charge in [0.1, 0.15) is 0 Å². The summed E-state index contributed by atoms with van der Waals surface area (Å²) in [4.78, 5) is 2.09. The van der Waals surface area contributed by atoms with Crippen molar-refractivity contribution in [2.45, 2.75) is 25.8 Å². The summed E-state index contributed by atoms with van der Waals surface area (Å²) in [6, 6.07) is 8.44. The Morgan fingerprint density at radius 3 is 2.69 bits per heavy atom. The van der Waals surface area contributed by atoms with Gasteiger partial charge in [-0.25, -0.2) is 0 Å². The van der Waals surface area contributed by atoms with Gasteiger partial charge in [-0.2, -0.15) is 0 Å². The molecule has 1 aromatic carbocycles.